The highest BCUT2D eigenvalue weighted by Gasteiger charge is 2.09. The summed E-state index contributed by atoms with van der Waals surface area (Å²) in [6.07, 6.45) is -0.470. The van der Waals surface area contributed by atoms with Crippen molar-refractivity contribution >= 4 is 22.7 Å². The van der Waals surface area contributed by atoms with Crippen LogP contribution < -0.4 is 5.32 Å². The van der Waals surface area contributed by atoms with Gasteiger partial charge in [-0.1, -0.05) is 12.1 Å². The van der Waals surface area contributed by atoms with Gasteiger partial charge < -0.3 is 15.2 Å². The standard InChI is InChI=1S/C14H19NO2S2/c1-11(14-5-3-7-19-14)15-8-12(16)9-17-10-13-4-2-6-18-13/h2-7,11-12,15-16H,8-10H2,1H3/t11-,12?/m0/s1. The first-order chi connectivity index (χ1) is 9.25. The minimum atomic E-state index is -0.470. The van der Waals surface area contributed by atoms with E-state index in [9.17, 15) is 5.11 Å². The van der Waals surface area contributed by atoms with Crippen LogP contribution in [0.5, 0.6) is 0 Å². The molecule has 0 bridgehead atoms. The molecule has 0 saturated carbocycles. The summed E-state index contributed by atoms with van der Waals surface area (Å²) in [6.45, 7) is 3.59. The van der Waals surface area contributed by atoms with E-state index in [1.165, 1.54) is 9.75 Å². The Morgan fingerprint density at radius 2 is 2.05 bits per heavy atom. The van der Waals surface area contributed by atoms with Crippen molar-refractivity contribution in [3.8, 4) is 0 Å². The molecule has 0 radical (unpaired) electrons. The van der Waals surface area contributed by atoms with E-state index < -0.39 is 6.10 Å². The normalized spacial score (nSPS) is 14.4. The van der Waals surface area contributed by atoms with Crippen LogP contribution in [0.4, 0.5) is 0 Å². The van der Waals surface area contributed by atoms with Gasteiger partial charge in [0.25, 0.3) is 0 Å². The van der Waals surface area contributed by atoms with Crippen molar-refractivity contribution in [1.29, 1.82) is 0 Å². The van der Waals surface area contributed by atoms with Crippen molar-refractivity contribution in [3.63, 3.8) is 0 Å². The number of ether oxygens (including phenoxy) is 1. The van der Waals surface area contributed by atoms with E-state index in [1.54, 1.807) is 22.7 Å². The van der Waals surface area contributed by atoms with Gasteiger partial charge in [-0.3, -0.25) is 0 Å². The van der Waals surface area contributed by atoms with Gasteiger partial charge >= 0.3 is 0 Å². The predicted octanol–water partition coefficient (Wildman–Crippen LogP) is 3.04. The van der Waals surface area contributed by atoms with E-state index in [-0.39, 0.29) is 6.04 Å². The maximum Gasteiger partial charge on any atom is 0.0898 e. The second kappa shape index (κ2) is 7.77. The van der Waals surface area contributed by atoms with E-state index in [0.717, 1.165) is 0 Å². The number of aliphatic hydroxyl groups is 1. The lowest BCUT2D eigenvalue weighted by Crippen LogP contribution is -2.31. The first kappa shape index (κ1) is 14.7. The van der Waals surface area contributed by atoms with Gasteiger partial charge in [0, 0.05) is 22.3 Å². The zero-order valence-electron chi connectivity index (χ0n) is 10.9. The lowest BCUT2D eigenvalue weighted by molar-refractivity contribution is 0.0288. The molecule has 2 aromatic heterocycles. The lowest BCUT2D eigenvalue weighted by atomic mass is 10.2. The second-order valence-electron chi connectivity index (χ2n) is 4.39. The van der Waals surface area contributed by atoms with Crippen molar-refractivity contribution in [2.45, 2.75) is 25.7 Å². The van der Waals surface area contributed by atoms with Gasteiger partial charge in [0.05, 0.1) is 19.3 Å². The molecule has 0 spiro atoms. The third-order valence-corrected chi connectivity index (χ3v) is 4.67. The van der Waals surface area contributed by atoms with Gasteiger partial charge in [0.1, 0.15) is 0 Å². The molecule has 2 heterocycles. The highest BCUT2D eigenvalue weighted by atomic mass is 32.1. The van der Waals surface area contributed by atoms with Crippen LogP contribution in [-0.4, -0.2) is 24.4 Å². The van der Waals surface area contributed by atoms with E-state index in [1.807, 2.05) is 23.6 Å². The van der Waals surface area contributed by atoms with E-state index in [0.29, 0.717) is 19.8 Å². The van der Waals surface area contributed by atoms with Crippen LogP contribution in [0.2, 0.25) is 0 Å². The maximum absolute atomic E-state index is 9.84. The van der Waals surface area contributed by atoms with Crippen LogP contribution in [0, 0.1) is 0 Å². The third kappa shape index (κ3) is 5.04. The molecule has 2 aromatic rings. The summed E-state index contributed by atoms with van der Waals surface area (Å²) in [5.41, 5.74) is 0. The van der Waals surface area contributed by atoms with Crippen LogP contribution in [-0.2, 0) is 11.3 Å². The Kier molecular flexibility index (Phi) is 6.00. The monoisotopic (exact) mass is 297 g/mol. The van der Waals surface area contributed by atoms with Crippen LogP contribution in [0.25, 0.3) is 0 Å². The minimum absolute atomic E-state index is 0.270. The number of aliphatic hydroxyl groups excluding tert-OH is 1. The Hall–Kier alpha value is -0.720. The Balaban J connectivity index is 1.60. The van der Waals surface area contributed by atoms with Crippen molar-refractivity contribution in [2.24, 2.45) is 0 Å². The van der Waals surface area contributed by atoms with Crippen molar-refractivity contribution in [3.05, 3.63) is 44.8 Å². The zero-order valence-corrected chi connectivity index (χ0v) is 12.5. The third-order valence-electron chi connectivity index (χ3n) is 2.76. The van der Waals surface area contributed by atoms with Crippen molar-refractivity contribution < 1.29 is 9.84 Å². The second-order valence-corrected chi connectivity index (χ2v) is 6.41. The molecule has 0 saturated heterocycles. The van der Waals surface area contributed by atoms with Gasteiger partial charge in [-0.2, -0.15) is 0 Å². The molecule has 5 heteroatoms. The molecule has 2 rings (SSSR count). The summed E-state index contributed by atoms with van der Waals surface area (Å²) in [6, 6.07) is 8.45. The molecule has 0 aliphatic carbocycles. The number of thiophene rings is 2. The van der Waals surface area contributed by atoms with Gasteiger partial charge in [0.2, 0.25) is 0 Å². The van der Waals surface area contributed by atoms with Crippen LogP contribution >= 0.6 is 22.7 Å². The quantitative estimate of drug-likeness (QED) is 0.787. The molecule has 3 nitrogen and oxygen atoms in total. The average molecular weight is 297 g/mol. The average Bonchev–Trinajstić information content (AvgIpc) is 3.08. The summed E-state index contributed by atoms with van der Waals surface area (Å²) >= 11 is 3.40. The molecule has 0 fully saturated rings. The van der Waals surface area contributed by atoms with Gasteiger partial charge in [-0.15, -0.1) is 22.7 Å². The zero-order chi connectivity index (χ0) is 13.5. The molecular weight excluding hydrogens is 278 g/mol. The first-order valence-corrected chi connectivity index (χ1v) is 8.06. The SMILES string of the molecule is C[C@H](NCC(O)COCc1cccs1)c1cccs1. The summed E-state index contributed by atoms with van der Waals surface area (Å²) < 4.78 is 5.49. The smallest absolute Gasteiger partial charge is 0.0898 e. The molecule has 0 aromatic carbocycles. The Bertz CT molecular complexity index is 442. The predicted molar refractivity (Wildman–Crippen MR) is 80.7 cm³/mol. The van der Waals surface area contributed by atoms with Crippen molar-refractivity contribution in [1.82, 2.24) is 5.32 Å². The minimum Gasteiger partial charge on any atom is -0.389 e. The molecule has 19 heavy (non-hydrogen) atoms. The summed E-state index contributed by atoms with van der Waals surface area (Å²) in [4.78, 5) is 2.47. The molecule has 2 N–H and O–H groups in total. The number of hydrogen-bond donors (Lipinski definition) is 2. The molecular formula is C14H19NO2S2. The van der Waals surface area contributed by atoms with E-state index >= 15 is 0 Å². The van der Waals surface area contributed by atoms with Gasteiger partial charge in [-0.25, -0.2) is 0 Å². The van der Waals surface area contributed by atoms with Crippen LogP contribution in [0.1, 0.15) is 22.7 Å². The maximum atomic E-state index is 9.84. The van der Waals surface area contributed by atoms with Gasteiger partial charge in [0.15, 0.2) is 0 Å². The summed E-state index contributed by atoms with van der Waals surface area (Å²) in [5.74, 6) is 0. The van der Waals surface area contributed by atoms with Crippen LogP contribution in [0.15, 0.2) is 35.0 Å². The number of nitrogens with one attached hydrogen (secondary N) is 1. The topological polar surface area (TPSA) is 41.5 Å². The molecule has 0 aliphatic rings. The largest absolute Gasteiger partial charge is 0.389 e. The van der Waals surface area contributed by atoms with E-state index in [2.05, 4.69) is 23.7 Å². The summed E-state index contributed by atoms with van der Waals surface area (Å²) in [5, 5.41) is 17.2. The fraction of sp³-hybridized carbons (Fsp3) is 0.429. The summed E-state index contributed by atoms with van der Waals surface area (Å²) in [7, 11) is 0. The van der Waals surface area contributed by atoms with Crippen LogP contribution in [0.3, 0.4) is 0 Å². The molecule has 2 atom stereocenters. The first-order valence-electron chi connectivity index (χ1n) is 6.30. The van der Waals surface area contributed by atoms with Crippen molar-refractivity contribution in [2.75, 3.05) is 13.2 Å². The lowest BCUT2D eigenvalue weighted by Gasteiger charge is -2.16. The molecule has 0 aliphatic heterocycles. The number of hydrogen-bond acceptors (Lipinski definition) is 5. The van der Waals surface area contributed by atoms with E-state index in [4.69, 9.17) is 4.74 Å². The number of rotatable bonds is 8. The Morgan fingerprint density at radius 3 is 2.74 bits per heavy atom. The highest BCUT2D eigenvalue weighted by Crippen LogP contribution is 2.17. The Morgan fingerprint density at radius 1 is 1.26 bits per heavy atom. The molecule has 1 unspecified atom stereocenters. The molecule has 0 amide bonds. The highest BCUT2D eigenvalue weighted by molar-refractivity contribution is 7.10. The fourth-order valence-corrected chi connectivity index (χ4v) is 3.10. The van der Waals surface area contributed by atoms with Gasteiger partial charge in [-0.05, 0) is 29.8 Å². The molecule has 104 valence electrons. The Labute approximate surface area is 121 Å². The fourth-order valence-electron chi connectivity index (χ4n) is 1.70.